The van der Waals surface area contributed by atoms with Gasteiger partial charge in [0.2, 0.25) is 0 Å². The van der Waals surface area contributed by atoms with Gasteiger partial charge in [0.1, 0.15) is 11.6 Å². The van der Waals surface area contributed by atoms with Gasteiger partial charge in [-0.05, 0) is 41.7 Å². The molecule has 2 N–H and O–H groups in total. The molecule has 3 atom stereocenters. The molecule has 5 heteroatoms. The summed E-state index contributed by atoms with van der Waals surface area (Å²) in [4.78, 5) is 11.0. The fourth-order valence-corrected chi connectivity index (χ4v) is 3.78. The van der Waals surface area contributed by atoms with Crippen LogP contribution in [0.1, 0.15) is 39.9 Å². The van der Waals surface area contributed by atoms with E-state index in [-0.39, 0.29) is 23.4 Å². The number of benzene rings is 2. The van der Waals surface area contributed by atoms with Crippen molar-refractivity contribution < 1.29 is 18.7 Å². The number of aromatic carboxylic acids is 1. The molecular weight excluding hydrogens is 312 g/mol. The number of rotatable bonds is 2. The van der Waals surface area contributed by atoms with Crippen molar-refractivity contribution >= 4 is 11.7 Å². The summed E-state index contributed by atoms with van der Waals surface area (Å²) in [6, 6.07) is 8.73. The molecule has 0 spiro atoms. The van der Waals surface area contributed by atoms with Crippen molar-refractivity contribution in [1.82, 2.24) is 0 Å². The molecule has 0 fully saturated rings. The first-order valence-electron chi connectivity index (χ1n) is 7.80. The number of carboxylic acids is 1. The average Bonchev–Trinajstić information content (AvgIpc) is 3.04. The van der Waals surface area contributed by atoms with E-state index >= 15 is 0 Å². The molecule has 1 aliphatic heterocycles. The molecule has 0 saturated heterocycles. The Hall–Kier alpha value is -2.69. The monoisotopic (exact) mass is 327 g/mol. The second-order valence-electron chi connectivity index (χ2n) is 6.25. The lowest BCUT2D eigenvalue weighted by Gasteiger charge is -2.37. The summed E-state index contributed by atoms with van der Waals surface area (Å²) in [6.45, 7) is 0. The molecule has 0 amide bonds. The highest BCUT2D eigenvalue weighted by Crippen LogP contribution is 2.50. The first-order valence-corrected chi connectivity index (χ1v) is 7.80. The van der Waals surface area contributed by atoms with E-state index in [0.29, 0.717) is 11.3 Å². The van der Waals surface area contributed by atoms with Gasteiger partial charge in [-0.2, -0.15) is 0 Å². The van der Waals surface area contributed by atoms with Gasteiger partial charge >= 0.3 is 5.97 Å². The Morgan fingerprint density at radius 1 is 1.17 bits per heavy atom. The van der Waals surface area contributed by atoms with E-state index < -0.39 is 17.6 Å². The Balaban J connectivity index is 1.76. The van der Waals surface area contributed by atoms with Gasteiger partial charge in [0.05, 0.1) is 17.3 Å². The number of hydrogen-bond acceptors (Lipinski definition) is 2. The lowest BCUT2D eigenvalue weighted by molar-refractivity contribution is 0.0697. The number of fused-ring (bicyclic) bond motifs is 3. The highest BCUT2D eigenvalue weighted by atomic mass is 19.1. The molecule has 2 aromatic rings. The van der Waals surface area contributed by atoms with Gasteiger partial charge in [-0.3, -0.25) is 0 Å². The van der Waals surface area contributed by atoms with Gasteiger partial charge < -0.3 is 10.4 Å². The van der Waals surface area contributed by atoms with Crippen LogP contribution in [0.25, 0.3) is 0 Å². The summed E-state index contributed by atoms with van der Waals surface area (Å²) < 4.78 is 27.8. The third-order valence-corrected chi connectivity index (χ3v) is 4.90. The molecule has 4 rings (SSSR count). The highest BCUT2D eigenvalue weighted by Gasteiger charge is 2.39. The largest absolute Gasteiger partial charge is 0.478 e. The Morgan fingerprint density at radius 2 is 1.92 bits per heavy atom. The van der Waals surface area contributed by atoms with E-state index in [4.69, 9.17) is 5.11 Å². The lowest BCUT2D eigenvalue weighted by atomic mass is 9.77. The van der Waals surface area contributed by atoms with Crippen LogP contribution in [0.2, 0.25) is 0 Å². The van der Waals surface area contributed by atoms with Crippen molar-refractivity contribution in [2.45, 2.75) is 18.4 Å². The van der Waals surface area contributed by atoms with Crippen LogP contribution < -0.4 is 5.32 Å². The van der Waals surface area contributed by atoms with Gasteiger partial charge in [-0.25, -0.2) is 13.6 Å². The second kappa shape index (κ2) is 5.44. The molecule has 3 nitrogen and oxygen atoms in total. The number of halogens is 2. The van der Waals surface area contributed by atoms with Crippen LogP contribution in [0.4, 0.5) is 14.5 Å². The van der Waals surface area contributed by atoms with Crippen molar-refractivity contribution in [2.75, 3.05) is 5.32 Å². The normalized spacial score (nSPS) is 24.2. The summed E-state index contributed by atoms with van der Waals surface area (Å²) in [6.07, 6.45) is 4.84. The first-order chi connectivity index (χ1) is 11.5. The van der Waals surface area contributed by atoms with Crippen LogP contribution in [0.5, 0.6) is 0 Å². The van der Waals surface area contributed by atoms with Gasteiger partial charge in [0.15, 0.2) is 0 Å². The number of allylic oxidation sites excluding steroid dienone is 2. The minimum atomic E-state index is -0.981. The summed E-state index contributed by atoms with van der Waals surface area (Å²) in [7, 11) is 0. The van der Waals surface area contributed by atoms with E-state index in [1.165, 1.54) is 6.07 Å². The Kier molecular flexibility index (Phi) is 3.37. The quantitative estimate of drug-likeness (QED) is 0.799. The van der Waals surface area contributed by atoms with Crippen LogP contribution in [-0.4, -0.2) is 11.1 Å². The van der Waals surface area contributed by atoms with Gasteiger partial charge in [0.25, 0.3) is 0 Å². The molecule has 0 aromatic heterocycles. The molecule has 0 unspecified atom stereocenters. The van der Waals surface area contributed by atoms with Crippen LogP contribution in [0, 0.1) is 17.6 Å². The van der Waals surface area contributed by atoms with Gasteiger partial charge in [0, 0.05) is 12.0 Å². The molecule has 1 heterocycles. The maximum atomic E-state index is 14.2. The minimum Gasteiger partial charge on any atom is -0.478 e. The SMILES string of the molecule is O=C(O)c1ccc([C@H]2Nc3c(F)cc(F)cc3[C@H]3C=CC[C@@H]32)cc1. The van der Waals surface area contributed by atoms with Crippen LogP contribution in [0.3, 0.4) is 0 Å². The number of nitrogens with one attached hydrogen (secondary N) is 1. The summed E-state index contributed by atoms with van der Waals surface area (Å²) in [5.41, 5.74) is 2.08. The smallest absolute Gasteiger partial charge is 0.335 e. The molecule has 0 bridgehead atoms. The predicted octanol–water partition coefficient (Wildman–Crippen LogP) is 4.49. The molecule has 1 aliphatic carbocycles. The zero-order valence-corrected chi connectivity index (χ0v) is 12.7. The molecule has 0 saturated carbocycles. The topological polar surface area (TPSA) is 49.3 Å². The number of anilines is 1. The third kappa shape index (κ3) is 2.28. The molecule has 2 aromatic carbocycles. The maximum Gasteiger partial charge on any atom is 0.335 e. The Bertz CT molecular complexity index is 845. The van der Waals surface area contributed by atoms with E-state index in [2.05, 4.69) is 5.32 Å². The summed E-state index contributed by atoms with van der Waals surface area (Å²) in [5.74, 6) is -2.05. The predicted molar refractivity (Wildman–Crippen MR) is 86.1 cm³/mol. The molecule has 2 aliphatic rings. The highest BCUT2D eigenvalue weighted by molar-refractivity contribution is 5.87. The fraction of sp³-hybridized carbons (Fsp3) is 0.211. The summed E-state index contributed by atoms with van der Waals surface area (Å²) in [5, 5.41) is 12.2. The van der Waals surface area contributed by atoms with E-state index in [0.717, 1.165) is 18.1 Å². The lowest BCUT2D eigenvalue weighted by Crippen LogP contribution is -2.30. The van der Waals surface area contributed by atoms with Crippen LogP contribution in [0.15, 0.2) is 48.6 Å². The zero-order chi connectivity index (χ0) is 16.8. The minimum absolute atomic E-state index is 0.0457. The van der Waals surface area contributed by atoms with Gasteiger partial charge in [-0.15, -0.1) is 0 Å². The average molecular weight is 327 g/mol. The molecule has 122 valence electrons. The van der Waals surface area contributed by atoms with Crippen molar-refractivity contribution in [3.8, 4) is 0 Å². The first kappa shape index (κ1) is 14.9. The molecule has 24 heavy (non-hydrogen) atoms. The molecular formula is C19H15F2NO2. The maximum absolute atomic E-state index is 14.2. The second-order valence-corrected chi connectivity index (χ2v) is 6.25. The third-order valence-electron chi connectivity index (χ3n) is 4.90. The van der Waals surface area contributed by atoms with Gasteiger partial charge in [-0.1, -0.05) is 24.3 Å². The van der Waals surface area contributed by atoms with E-state index in [1.54, 1.807) is 24.3 Å². The standard InChI is InChI=1S/C19H15F2NO2/c20-12-8-15-13-2-1-3-14(13)17(22-18(15)16(21)9-12)10-4-6-11(7-5-10)19(23)24/h1-2,4-9,13-14,17,22H,3H2,(H,23,24)/t13-,14-,17+/m0/s1. The number of hydrogen-bond donors (Lipinski definition) is 2. The van der Waals surface area contributed by atoms with E-state index in [1.807, 2.05) is 12.2 Å². The van der Waals surface area contributed by atoms with Crippen molar-refractivity contribution in [3.05, 3.63) is 76.9 Å². The van der Waals surface area contributed by atoms with Crippen molar-refractivity contribution in [2.24, 2.45) is 5.92 Å². The fourth-order valence-electron chi connectivity index (χ4n) is 3.78. The van der Waals surface area contributed by atoms with Crippen molar-refractivity contribution in [3.63, 3.8) is 0 Å². The number of carbonyl (C=O) groups is 1. The Morgan fingerprint density at radius 3 is 2.62 bits per heavy atom. The van der Waals surface area contributed by atoms with Crippen LogP contribution in [-0.2, 0) is 0 Å². The number of carboxylic acid groups (broad SMARTS) is 1. The summed E-state index contributed by atoms with van der Waals surface area (Å²) >= 11 is 0. The zero-order valence-electron chi connectivity index (χ0n) is 12.7. The van der Waals surface area contributed by atoms with Crippen molar-refractivity contribution in [1.29, 1.82) is 0 Å². The molecule has 0 radical (unpaired) electrons. The van der Waals surface area contributed by atoms with Crippen LogP contribution >= 0.6 is 0 Å². The van der Waals surface area contributed by atoms with E-state index in [9.17, 15) is 13.6 Å². The Labute approximate surface area is 137 Å².